The van der Waals surface area contributed by atoms with Crippen molar-refractivity contribution in [3.05, 3.63) is 84.7 Å². The molecule has 0 aliphatic rings. The van der Waals surface area contributed by atoms with Gasteiger partial charge in [-0.25, -0.2) is 0 Å². The minimum absolute atomic E-state index is 0.168. The first kappa shape index (κ1) is 22.7. The molecule has 27 heavy (non-hydrogen) atoms. The maximum Gasteiger partial charge on any atom is 0.314 e. The van der Waals surface area contributed by atoms with Gasteiger partial charge in [0, 0.05) is 0 Å². The Morgan fingerprint density at radius 3 is 2.15 bits per heavy atom. The maximum absolute atomic E-state index is 12.6. The van der Waals surface area contributed by atoms with Gasteiger partial charge in [-0.3, -0.25) is 4.79 Å². The van der Waals surface area contributed by atoms with Crippen LogP contribution in [0.3, 0.4) is 0 Å². The number of rotatable bonds is 7. The second-order valence-electron chi connectivity index (χ2n) is 8.90. The summed E-state index contributed by atoms with van der Waals surface area (Å²) in [5.41, 5.74) is 1.84. The Bertz CT molecular complexity index is 678. The molecule has 146 valence electrons. The summed E-state index contributed by atoms with van der Waals surface area (Å²) in [6.45, 7) is 16.2. The average Bonchev–Trinajstić information content (AvgIpc) is 2.53. The van der Waals surface area contributed by atoms with Gasteiger partial charge in [0.1, 0.15) is 0 Å². The van der Waals surface area contributed by atoms with Crippen molar-refractivity contribution in [2.45, 2.75) is 48.0 Å². The minimum Gasteiger partial charge on any atom is -0.434 e. The third-order valence-electron chi connectivity index (χ3n) is 4.23. The largest absolute Gasteiger partial charge is 0.434 e. The van der Waals surface area contributed by atoms with Crippen molar-refractivity contribution in [2.75, 3.05) is 0 Å². The molecule has 1 aromatic rings. The fraction of sp³-hybridized carbons (Fsp3) is 0.400. The molecule has 1 rings (SSSR count). The molecule has 0 saturated heterocycles. The van der Waals surface area contributed by atoms with Crippen LogP contribution >= 0.6 is 0 Å². The smallest absolute Gasteiger partial charge is 0.314 e. The molecule has 0 saturated carbocycles. The third kappa shape index (κ3) is 8.25. The van der Waals surface area contributed by atoms with Crippen LogP contribution in [0.15, 0.2) is 79.1 Å². The normalized spacial score (nSPS) is 13.5. The fourth-order valence-electron chi connectivity index (χ4n) is 3.50. The number of carbonyl (C=O) groups is 1. The summed E-state index contributed by atoms with van der Waals surface area (Å²) in [7, 11) is 0. The number of benzene rings is 1. The van der Waals surface area contributed by atoms with Crippen LogP contribution < -0.4 is 0 Å². The Morgan fingerprint density at radius 1 is 1.04 bits per heavy atom. The van der Waals surface area contributed by atoms with E-state index in [0.29, 0.717) is 0 Å². The van der Waals surface area contributed by atoms with E-state index in [9.17, 15) is 4.79 Å². The molecule has 0 unspecified atom stereocenters. The maximum atomic E-state index is 12.6. The minimum atomic E-state index is -0.199. The van der Waals surface area contributed by atoms with Crippen molar-refractivity contribution < 1.29 is 9.53 Å². The molecule has 0 aliphatic heterocycles. The summed E-state index contributed by atoms with van der Waals surface area (Å²) in [5, 5.41) is 0. The predicted octanol–water partition coefficient (Wildman–Crippen LogP) is 6.66. The number of hydrogen-bond donors (Lipinski definition) is 0. The fourth-order valence-corrected chi connectivity index (χ4v) is 3.50. The van der Waals surface area contributed by atoms with Gasteiger partial charge in [0.25, 0.3) is 0 Å². The highest BCUT2D eigenvalue weighted by molar-refractivity contribution is 5.74. The summed E-state index contributed by atoms with van der Waals surface area (Å²) < 4.78 is 5.47. The predicted molar refractivity (Wildman–Crippen MR) is 115 cm³/mol. The van der Waals surface area contributed by atoms with Gasteiger partial charge >= 0.3 is 5.97 Å². The first-order chi connectivity index (χ1) is 12.6. The lowest BCUT2D eigenvalue weighted by Crippen LogP contribution is -2.39. The number of allylic oxidation sites excluding steroid dienone is 6. The third-order valence-corrected chi connectivity index (χ3v) is 4.23. The Kier molecular flexibility index (Phi) is 8.49. The number of ether oxygens (including phenoxy) is 1. The number of hydrogen-bond acceptors (Lipinski definition) is 2. The van der Waals surface area contributed by atoms with Gasteiger partial charge in [-0.15, -0.1) is 0 Å². The Labute approximate surface area is 165 Å². The topological polar surface area (TPSA) is 26.3 Å². The van der Waals surface area contributed by atoms with E-state index in [1.807, 2.05) is 30.4 Å². The van der Waals surface area contributed by atoms with Crippen LogP contribution in [-0.4, -0.2) is 5.97 Å². The lowest BCUT2D eigenvalue weighted by molar-refractivity contribution is -0.151. The van der Waals surface area contributed by atoms with Gasteiger partial charge in [0.15, 0.2) is 0 Å². The molecule has 0 heterocycles. The Hall–Kier alpha value is -2.35. The standard InChI is InChI=1S/C25H34O2/c1-8-13-20(16-12-17-21-14-10-9-11-15-21)18-19-27-23(26)22(24(2,3)4)25(5,6)7/h8-16,18-19,22H,1,17H2,2-7H3/b16-12-,19-18+,20-13+. The van der Waals surface area contributed by atoms with Gasteiger partial charge in [-0.1, -0.05) is 103 Å². The lowest BCUT2D eigenvalue weighted by Gasteiger charge is -2.38. The highest BCUT2D eigenvalue weighted by atomic mass is 16.5. The highest BCUT2D eigenvalue weighted by Gasteiger charge is 2.41. The molecular weight excluding hydrogens is 332 g/mol. The summed E-state index contributed by atoms with van der Waals surface area (Å²) in [4.78, 5) is 12.6. The van der Waals surface area contributed by atoms with Crippen LogP contribution in [0, 0.1) is 16.7 Å². The van der Waals surface area contributed by atoms with Crippen molar-refractivity contribution in [3.8, 4) is 0 Å². The molecule has 1 aromatic carbocycles. The van der Waals surface area contributed by atoms with Gasteiger partial charge in [0.2, 0.25) is 0 Å². The molecule has 0 N–H and O–H groups in total. The first-order valence-corrected chi connectivity index (χ1v) is 9.46. The molecule has 0 aromatic heterocycles. The summed E-state index contributed by atoms with van der Waals surface area (Å²) in [5.74, 6) is -0.396. The van der Waals surface area contributed by atoms with Crippen molar-refractivity contribution in [1.82, 2.24) is 0 Å². The molecule has 0 aliphatic carbocycles. The second kappa shape index (κ2) is 10.1. The van der Waals surface area contributed by atoms with Gasteiger partial charge < -0.3 is 4.74 Å². The second-order valence-corrected chi connectivity index (χ2v) is 8.90. The number of esters is 1. The van der Waals surface area contributed by atoms with Crippen molar-refractivity contribution >= 4 is 5.97 Å². The quantitative estimate of drug-likeness (QED) is 0.306. The van der Waals surface area contributed by atoms with E-state index in [0.717, 1.165) is 12.0 Å². The summed E-state index contributed by atoms with van der Waals surface area (Å²) >= 11 is 0. The van der Waals surface area contributed by atoms with E-state index >= 15 is 0 Å². The zero-order chi connectivity index (χ0) is 20.5. The molecule has 0 bridgehead atoms. The van der Waals surface area contributed by atoms with E-state index in [1.165, 1.54) is 11.8 Å². The van der Waals surface area contributed by atoms with E-state index in [2.05, 4.69) is 66.3 Å². The van der Waals surface area contributed by atoms with E-state index in [-0.39, 0.29) is 22.7 Å². The zero-order valence-electron chi connectivity index (χ0n) is 17.7. The monoisotopic (exact) mass is 366 g/mol. The molecule has 0 spiro atoms. The van der Waals surface area contributed by atoms with Crippen molar-refractivity contribution in [1.29, 1.82) is 0 Å². The molecule has 0 fully saturated rings. The first-order valence-electron chi connectivity index (χ1n) is 9.46. The van der Waals surface area contributed by atoms with Crippen LogP contribution in [-0.2, 0) is 16.0 Å². The molecular formula is C25H34O2. The summed E-state index contributed by atoms with van der Waals surface area (Å²) in [6.07, 6.45) is 11.8. The van der Waals surface area contributed by atoms with Crippen LogP contribution in [0.25, 0.3) is 0 Å². The number of carbonyl (C=O) groups excluding carboxylic acids is 1. The average molecular weight is 367 g/mol. The zero-order valence-corrected chi connectivity index (χ0v) is 17.7. The molecule has 0 amide bonds. The van der Waals surface area contributed by atoms with Crippen LogP contribution in [0.4, 0.5) is 0 Å². The van der Waals surface area contributed by atoms with Crippen LogP contribution in [0.1, 0.15) is 47.1 Å². The molecule has 2 nitrogen and oxygen atoms in total. The lowest BCUT2D eigenvalue weighted by atomic mass is 9.67. The van der Waals surface area contributed by atoms with E-state index < -0.39 is 0 Å². The van der Waals surface area contributed by atoms with Gasteiger partial charge in [-0.05, 0) is 34.5 Å². The van der Waals surface area contributed by atoms with Gasteiger partial charge in [0.05, 0.1) is 12.2 Å². The van der Waals surface area contributed by atoms with Crippen LogP contribution in [0.2, 0.25) is 0 Å². The van der Waals surface area contributed by atoms with E-state index in [4.69, 9.17) is 4.74 Å². The Balaban J connectivity index is 2.77. The Morgan fingerprint density at radius 2 is 1.63 bits per heavy atom. The summed E-state index contributed by atoms with van der Waals surface area (Å²) in [6, 6.07) is 10.3. The van der Waals surface area contributed by atoms with Gasteiger partial charge in [-0.2, -0.15) is 0 Å². The highest BCUT2D eigenvalue weighted by Crippen LogP contribution is 2.40. The van der Waals surface area contributed by atoms with Crippen LogP contribution in [0.5, 0.6) is 0 Å². The van der Waals surface area contributed by atoms with Crippen molar-refractivity contribution in [2.24, 2.45) is 16.7 Å². The van der Waals surface area contributed by atoms with E-state index in [1.54, 1.807) is 12.2 Å². The SMILES string of the molecule is C=C/C=C(\C=C/Cc1ccccc1)/C=C/OC(=O)C(C(C)(C)C)C(C)(C)C. The molecule has 0 radical (unpaired) electrons. The van der Waals surface area contributed by atoms with Crippen molar-refractivity contribution in [3.63, 3.8) is 0 Å². The molecule has 2 heteroatoms. The molecule has 0 atom stereocenters.